The van der Waals surface area contributed by atoms with Gasteiger partial charge in [-0.15, -0.1) is 0 Å². The normalized spacial score (nSPS) is 8.75. The second-order valence-electron chi connectivity index (χ2n) is 0.742. The van der Waals surface area contributed by atoms with Crippen LogP contribution in [0.5, 0.6) is 0 Å². The van der Waals surface area contributed by atoms with Gasteiger partial charge in [-0.25, -0.2) is 0 Å². The second-order valence-corrected chi connectivity index (χ2v) is 2.22. The van der Waals surface area contributed by atoms with Gasteiger partial charge < -0.3 is 0 Å². The minimum absolute atomic E-state index is 0.611. The van der Waals surface area contributed by atoms with Crippen LogP contribution in [0.15, 0.2) is 0 Å². The van der Waals surface area contributed by atoms with Crippen LogP contribution in [0.3, 0.4) is 0 Å². The van der Waals surface area contributed by atoms with Crippen LogP contribution in [0.1, 0.15) is 0 Å². The highest BCUT2D eigenvalue weighted by Crippen LogP contribution is 1.49. The minimum atomic E-state index is -0.611. The van der Waals surface area contributed by atoms with Gasteiger partial charge in [0, 0.05) is 0 Å². The van der Waals surface area contributed by atoms with Crippen molar-refractivity contribution in [2.45, 2.75) is 0 Å². The van der Waals surface area contributed by atoms with Crippen LogP contribution in [-0.4, -0.2) is 12.5 Å². The van der Waals surface area contributed by atoms with E-state index < -0.39 is 10.8 Å². The first kappa shape index (κ1) is 4.15. The lowest BCUT2D eigenvalue weighted by molar-refractivity contribution is 0.601. The molecular formula is C2H6OS+. The van der Waals surface area contributed by atoms with Gasteiger partial charge in [0.05, 0.1) is 12.5 Å². The van der Waals surface area contributed by atoms with E-state index in [1.54, 1.807) is 12.5 Å². The van der Waals surface area contributed by atoms with Gasteiger partial charge in [-0.2, -0.15) is 0 Å². The third-order valence-corrected chi connectivity index (χ3v) is 0. The van der Waals surface area contributed by atoms with E-state index >= 15 is 0 Å². The Morgan fingerprint density at radius 2 is 1.50 bits per heavy atom. The van der Waals surface area contributed by atoms with E-state index in [0.29, 0.717) is 0 Å². The van der Waals surface area contributed by atoms with E-state index in [1.165, 1.54) is 0 Å². The Morgan fingerprint density at radius 3 is 1.50 bits per heavy atom. The summed E-state index contributed by atoms with van der Waals surface area (Å²) in [5.74, 6) is 0. The molecule has 4 heavy (non-hydrogen) atoms. The summed E-state index contributed by atoms with van der Waals surface area (Å²) in [6, 6.07) is 0. The van der Waals surface area contributed by atoms with Gasteiger partial charge in [0.2, 0.25) is 0 Å². The van der Waals surface area contributed by atoms with Gasteiger partial charge in [-0.3, -0.25) is 0 Å². The maximum Gasteiger partial charge on any atom is 0.329 e. The maximum absolute atomic E-state index is 9.56. The molecule has 0 bridgehead atoms. The van der Waals surface area contributed by atoms with Crippen LogP contribution in [0, 0.1) is 0 Å². The molecule has 1 radical (unpaired) electrons. The molecule has 0 rings (SSSR count). The molecule has 0 heterocycles. The second kappa shape index (κ2) is 1.47. The van der Waals surface area contributed by atoms with Crippen molar-refractivity contribution in [3.8, 4) is 0 Å². The Kier molecular flexibility index (Phi) is 1.52. The quantitative estimate of drug-likeness (QED) is 0.379. The zero-order chi connectivity index (χ0) is 3.58. The smallest absolute Gasteiger partial charge is 0.0733 e. The van der Waals surface area contributed by atoms with Crippen LogP contribution in [-0.2, 0) is 15.0 Å². The third-order valence-electron chi connectivity index (χ3n) is 0. The standard InChI is InChI=1S/C2H6OS/c1-4(2)3/h1-2H3/q+1. The Hall–Kier alpha value is 0.150. The highest BCUT2D eigenvalue weighted by molar-refractivity contribution is 7.83. The molecule has 1 nitrogen and oxygen atoms in total. The van der Waals surface area contributed by atoms with Gasteiger partial charge in [0.1, 0.15) is 0 Å². The summed E-state index contributed by atoms with van der Waals surface area (Å²) in [6.07, 6.45) is 3.28. The molecule has 0 atom stereocenters. The molecule has 0 aromatic rings. The molecule has 0 aliphatic carbocycles. The molecular weight excluding hydrogens is 72.1 g/mol. The fraction of sp³-hybridized carbons (Fsp3) is 1.00. The predicted octanol–water partition coefficient (Wildman–Crippen LogP) is 0.210. The first-order valence-electron chi connectivity index (χ1n) is 0.983. The molecule has 0 unspecified atom stereocenters. The maximum atomic E-state index is 9.56. The van der Waals surface area contributed by atoms with Gasteiger partial charge in [0.15, 0.2) is 0 Å². The molecule has 0 spiro atoms. The SMILES string of the molecule is CS(C)=[O+]. The first-order valence-corrected chi connectivity index (χ1v) is 2.95. The van der Waals surface area contributed by atoms with Gasteiger partial charge in [-0.1, -0.05) is 0 Å². The monoisotopic (exact) mass is 78.0 g/mol. The van der Waals surface area contributed by atoms with Crippen molar-refractivity contribution < 1.29 is 4.21 Å². The fourth-order valence-corrected chi connectivity index (χ4v) is 0. The van der Waals surface area contributed by atoms with E-state index in [-0.39, 0.29) is 0 Å². The van der Waals surface area contributed by atoms with E-state index in [2.05, 4.69) is 0 Å². The summed E-state index contributed by atoms with van der Waals surface area (Å²) < 4.78 is 9.56. The van der Waals surface area contributed by atoms with Crippen molar-refractivity contribution in [1.29, 1.82) is 0 Å². The summed E-state index contributed by atoms with van der Waals surface area (Å²) in [4.78, 5) is 0. The van der Waals surface area contributed by atoms with Crippen molar-refractivity contribution in [3.63, 3.8) is 0 Å². The summed E-state index contributed by atoms with van der Waals surface area (Å²) in [6.45, 7) is 0. The Labute approximate surface area is 28.5 Å². The zero-order valence-electron chi connectivity index (χ0n) is 2.82. The average molecular weight is 78.1 g/mol. The lowest BCUT2D eigenvalue weighted by Gasteiger charge is -1.37. The molecule has 0 saturated carbocycles. The van der Waals surface area contributed by atoms with E-state index in [0.717, 1.165) is 0 Å². The van der Waals surface area contributed by atoms with Crippen molar-refractivity contribution in [3.05, 3.63) is 0 Å². The third kappa shape index (κ3) is 126. The largest absolute Gasteiger partial charge is 0.329 e. The zero-order valence-corrected chi connectivity index (χ0v) is 3.63. The van der Waals surface area contributed by atoms with E-state index in [1.807, 2.05) is 0 Å². The van der Waals surface area contributed by atoms with Crippen LogP contribution < -0.4 is 0 Å². The van der Waals surface area contributed by atoms with Crippen LogP contribution in [0.4, 0.5) is 0 Å². The molecule has 0 aliphatic heterocycles. The topological polar surface area (TPSA) is 19.9 Å². The molecule has 0 aromatic heterocycles. The van der Waals surface area contributed by atoms with Crippen molar-refractivity contribution in [2.24, 2.45) is 0 Å². The fourth-order valence-electron chi connectivity index (χ4n) is 0. The highest BCUT2D eigenvalue weighted by atomic mass is 32.2. The summed E-state index contributed by atoms with van der Waals surface area (Å²) in [5, 5.41) is 0. The summed E-state index contributed by atoms with van der Waals surface area (Å²) in [7, 11) is -0.611. The van der Waals surface area contributed by atoms with E-state index in [9.17, 15) is 4.21 Å². The highest BCUT2D eigenvalue weighted by Gasteiger charge is 1.81. The van der Waals surface area contributed by atoms with Gasteiger partial charge in [0.25, 0.3) is 4.21 Å². The molecule has 2 heteroatoms. The van der Waals surface area contributed by atoms with Crippen LogP contribution >= 0.6 is 0 Å². The lowest BCUT2D eigenvalue weighted by atomic mass is 11.9. The summed E-state index contributed by atoms with van der Waals surface area (Å²) in [5.41, 5.74) is 0. The number of rotatable bonds is 0. The Bertz CT molecular complexity index is 29.0. The number of hydrogen-bond acceptors (Lipinski definition) is 1. The minimum Gasteiger partial charge on any atom is 0.0733 e. The molecule has 0 aromatic carbocycles. The molecule has 0 N–H and O–H groups in total. The van der Waals surface area contributed by atoms with Gasteiger partial charge >= 0.3 is 10.8 Å². The Morgan fingerprint density at radius 1 is 1.50 bits per heavy atom. The number of hydrogen-bond donors (Lipinski definition) is 0. The molecule has 0 saturated heterocycles. The molecule has 0 amide bonds. The van der Waals surface area contributed by atoms with Crippen molar-refractivity contribution >= 4 is 10.8 Å². The van der Waals surface area contributed by atoms with Gasteiger partial charge in [-0.05, 0) is 0 Å². The Balaban J connectivity index is 2.80. The lowest BCUT2D eigenvalue weighted by Crippen LogP contribution is -1.68. The molecule has 25 valence electrons. The average Bonchev–Trinajstić information content (AvgIpc) is 0.811. The van der Waals surface area contributed by atoms with E-state index in [4.69, 9.17) is 0 Å². The first-order chi connectivity index (χ1) is 1.73. The van der Waals surface area contributed by atoms with Crippen LogP contribution in [0.2, 0.25) is 0 Å². The molecule has 0 aliphatic rings. The van der Waals surface area contributed by atoms with Crippen molar-refractivity contribution in [2.75, 3.05) is 12.5 Å². The predicted molar refractivity (Wildman–Crippen MR) is 19.9 cm³/mol. The molecule has 0 fully saturated rings. The van der Waals surface area contributed by atoms with Crippen LogP contribution in [0.25, 0.3) is 0 Å². The van der Waals surface area contributed by atoms with Crippen molar-refractivity contribution in [1.82, 2.24) is 0 Å². The summed E-state index contributed by atoms with van der Waals surface area (Å²) >= 11 is 0.